The van der Waals surface area contributed by atoms with E-state index in [0.717, 1.165) is 42.4 Å². The van der Waals surface area contributed by atoms with Gasteiger partial charge in [0.2, 0.25) is 0 Å². The van der Waals surface area contributed by atoms with Crippen LogP contribution >= 0.6 is 22.7 Å². The summed E-state index contributed by atoms with van der Waals surface area (Å²) in [6.07, 6.45) is 5.03. The van der Waals surface area contributed by atoms with Gasteiger partial charge in [-0.1, -0.05) is 6.42 Å². The fraction of sp³-hybridized carbons (Fsp3) is 0.300. The summed E-state index contributed by atoms with van der Waals surface area (Å²) in [5.74, 6) is -0.498. The van der Waals surface area contributed by atoms with Gasteiger partial charge in [0.1, 0.15) is 5.00 Å². The van der Waals surface area contributed by atoms with E-state index in [1.807, 2.05) is 0 Å². The highest BCUT2D eigenvalue weighted by atomic mass is 32.1. The van der Waals surface area contributed by atoms with Crippen molar-refractivity contribution in [3.8, 4) is 0 Å². The van der Waals surface area contributed by atoms with E-state index in [1.165, 1.54) is 39.7 Å². The van der Waals surface area contributed by atoms with Crippen molar-refractivity contribution in [3.63, 3.8) is 0 Å². The number of amides is 2. The Bertz CT molecular complexity index is 1130. The minimum absolute atomic E-state index is 0.00819. The highest BCUT2D eigenvalue weighted by Crippen LogP contribution is 2.38. The lowest BCUT2D eigenvalue weighted by Gasteiger charge is -2.07. The number of nitrogens with one attached hydrogen (secondary N) is 2. The van der Waals surface area contributed by atoms with Gasteiger partial charge >= 0.3 is 0 Å². The van der Waals surface area contributed by atoms with Crippen LogP contribution in [0.25, 0.3) is 10.1 Å². The van der Waals surface area contributed by atoms with Crippen LogP contribution in [0.5, 0.6) is 0 Å². The molecule has 4 rings (SSSR count). The number of hydrogen-bond acceptors (Lipinski definition) is 6. The molecule has 9 heteroatoms. The second-order valence-electron chi connectivity index (χ2n) is 6.89. The van der Waals surface area contributed by atoms with Gasteiger partial charge in [-0.3, -0.25) is 19.7 Å². The molecule has 0 unspecified atom stereocenters. The Labute approximate surface area is 174 Å². The quantitative estimate of drug-likeness (QED) is 0.355. The number of hydrogen-bond donors (Lipinski definition) is 2. The lowest BCUT2D eigenvalue weighted by atomic mass is 10.0. The van der Waals surface area contributed by atoms with Crippen LogP contribution < -0.4 is 10.6 Å². The Morgan fingerprint density at radius 2 is 1.86 bits per heavy atom. The van der Waals surface area contributed by atoms with E-state index in [4.69, 9.17) is 0 Å². The van der Waals surface area contributed by atoms with Crippen molar-refractivity contribution in [1.29, 1.82) is 0 Å². The third-order valence-electron chi connectivity index (χ3n) is 5.04. The van der Waals surface area contributed by atoms with E-state index in [1.54, 1.807) is 19.2 Å². The molecule has 2 N–H and O–H groups in total. The highest BCUT2D eigenvalue weighted by molar-refractivity contribution is 7.21. The predicted molar refractivity (Wildman–Crippen MR) is 115 cm³/mol. The predicted octanol–water partition coefficient (Wildman–Crippen LogP) is 4.75. The van der Waals surface area contributed by atoms with Gasteiger partial charge in [0, 0.05) is 34.1 Å². The number of nitro benzene ring substituents is 1. The molecule has 0 fully saturated rings. The van der Waals surface area contributed by atoms with Crippen molar-refractivity contribution in [2.75, 3.05) is 12.4 Å². The van der Waals surface area contributed by atoms with E-state index in [9.17, 15) is 19.7 Å². The summed E-state index contributed by atoms with van der Waals surface area (Å²) in [4.78, 5) is 37.5. The summed E-state index contributed by atoms with van der Waals surface area (Å²) in [6.45, 7) is 0. The van der Waals surface area contributed by atoms with E-state index in [2.05, 4.69) is 10.6 Å². The second kappa shape index (κ2) is 7.92. The number of nitrogens with zero attached hydrogens (tertiary/aromatic N) is 1. The zero-order chi connectivity index (χ0) is 20.5. The normalized spacial score (nSPS) is 13.6. The largest absolute Gasteiger partial charge is 0.355 e. The first-order valence-corrected chi connectivity index (χ1v) is 11.0. The molecule has 0 radical (unpaired) electrons. The van der Waals surface area contributed by atoms with Crippen LogP contribution in [-0.4, -0.2) is 23.8 Å². The van der Waals surface area contributed by atoms with Gasteiger partial charge < -0.3 is 10.6 Å². The molecule has 2 amide bonds. The second-order valence-corrected chi connectivity index (χ2v) is 9.08. The van der Waals surface area contributed by atoms with Gasteiger partial charge in [-0.2, -0.15) is 0 Å². The molecule has 7 nitrogen and oxygen atoms in total. The van der Waals surface area contributed by atoms with Gasteiger partial charge in [-0.05, 0) is 43.4 Å². The number of benzene rings is 1. The third-order valence-corrected chi connectivity index (χ3v) is 7.36. The summed E-state index contributed by atoms with van der Waals surface area (Å²) in [5.41, 5.74) is 1.61. The summed E-state index contributed by atoms with van der Waals surface area (Å²) >= 11 is 2.75. The first-order chi connectivity index (χ1) is 14.0. The number of carbonyl (C=O) groups is 2. The fourth-order valence-corrected chi connectivity index (χ4v) is 5.84. The van der Waals surface area contributed by atoms with E-state index >= 15 is 0 Å². The molecule has 2 heterocycles. The average molecular weight is 430 g/mol. The van der Waals surface area contributed by atoms with Crippen LogP contribution in [0.3, 0.4) is 0 Å². The molecule has 1 aliphatic rings. The van der Waals surface area contributed by atoms with Crippen molar-refractivity contribution in [2.24, 2.45) is 0 Å². The first-order valence-electron chi connectivity index (χ1n) is 9.34. The molecular formula is C20H19N3O4S2. The molecule has 0 bridgehead atoms. The molecule has 1 aromatic carbocycles. The van der Waals surface area contributed by atoms with Gasteiger partial charge in [0.15, 0.2) is 0 Å². The van der Waals surface area contributed by atoms with Crippen molar-refractivity contribution in [3.05, 3.63) is 55.3 Å². The van der Waals surface area contributed by atoms with Crippen molar-refractivity contribution < 1.29 is 14.5 Å². The number of rotatable bonds is 4. The van der Waals surface area contributed by atoms with E-state index in [0.29, 0.717) is 20.8 Å². The standard InChI is InChI=1S/C20H19N3O4S2/c1-21-19(25)17-13-5-3-2-4-6-15(13)29-20(17)22-18(24)16-10-11-9-12(23(26)27)7-8-14(11)28-16/h7-10H,2-6H2,1H3,(H,21,25)(H,22,24). The average Bonchev–Trinajstić information content (AvgIpc) is 3.20. The zero-order valence-corrected chi connectivity index (χ0v) is 17.4. The number of thiophene rings is 2. The molecule has 0 spiro atoms. The van der Waals surface area contributed by atoms with Crippen LogP contribution in [0.4, 0.5) is 10.7 Å². The molecule has 150 valence electrons. The maximum Gasteiger partial charge on any atom is 0.270 e. The third kappa shape index (κ3) is 3.75. The minimum Gasteiger partial charge on any atom is -0.355 e. The van der Waals surface area contributed by atoms with E-state index < -0.39 is 4.92 Å². The molecule has 0 atom stereocenters. The van der Waals surface area contributed by atoms with Crippen molar-refractivity contribution in [1.82, 2.24) is 5.32 Å². The summed E-state index contributed by atoms with van der Waals surface area (Å²) in [6, 6.07) is 6.20. The number of aryl methyl sites for hydroxylation is 1. The van der Waals surface area contributed by atoms with Crippen LogP contribution in [0.2, 0.25) is 0 Å². The molecular weight excluding hydrogens is 410 g/mol. The Morgan fingerprint density at radius 1 is 1.07 bits per heavy atom. The zero-order valence-electron chi connectivity index (χ0n) is 15.7. The first kappa shape index (κ1) is 19.5. The number of nitro groups is 1. The van der Waals surface area contributed by atoms with Crippen LogP contribution in [0, 0.1) is 10.1 Å². The Morgan fingerprint density at radius 3 is 2.62 bits per heavy atom. The maximum absolute atomic E-state index is 12.9. The summed E-state index contributed by atoms with van der Waals surface area (Å²) in [5, 5.41) is 17.8. The van der Waals surface area contributed by atoms with Crippen molar-refractivity contribution >= 4 is 55.3 Å². The van der Waals surface area contributed by atoms with Crippen molar-refractivity contribution in [2.45, 2.75) is 32.1 Å². The smallest absolute Gasteiger partial charge is 0.270 e. The monoisotopic (exact) mass is 429 g/mol. The molecule has 0 aliphatic heterocycles. The summed E-state index contributed by atoms with van der Waals surface area (Å²) < 4.78 is 0.800. The maximum atomic E-state index is 12.9. The molecule has 0 saturated carbocycles. The Hall–Kier alpha value is -2.78. The number of fused-ring (bicyclic) bond motifs is 2. The van der Waals surface area contributed by atoms with Gasteiger partial charge in [0.05, 0.1) is 15.4 Å². The lowest BCUT2D eigenvalue weighted by molar-refractivity contribution is -0.384. The SMILES string of the molecule is CNC(=O)c1c(NC(=O)c2cc3cc([N+](=O)[O-])ccc3s2)sc2c1CCCCC2. The van der Waals surface area contributed by atoms with Gasteiger partial charge in [-0.15, -0.1) is 22.7 Å². The van der Waals surface area contributed by atoms with Crippen LogP contribution in [0.1, 0.15) is 49.7 Å². The molecule has 29 heavy (non-hydrogen) atoms. The Balaban J connectivity index is 1.67. The topological polar surface area (TPSA) is 101 Å². The number of carbonyl (C=O) groups excluding carboxylic acids is 2. The molecule has 3 aromatic rings. The van der Waals surface area contributed by atoms with E-state index in [-0.39, 0.29) is 17.5 Å². The van der Waals surface area contributed by atoms with Gasteiger partial charge in [-0.25, -0.2) is 0 Å². The van der Waals surface area contributed by atoms with Crippen LogP contribution in [-0.2, 0) is 12.8 Å². The summed E-state index contributed by atoms with van der Waals surface area (Å²) in [7, 11) is 1.59. The molecule has 2 aromatic heterocycles. The number of anilines is 1. The van der Waals surface area contributed by atoms with Gasteiger partial charge in [0.25, 0.3) is 17.5 Å². The molecule has 1 aliphatic carbocycles. The number of non-ortho nitro benzene ring substituents is 1. The molecule has 0 saturated heterocycles. The highest BCUT2D eigenvalue weighted by Gasteiger charge is 2.25. The fourth-order valence-electron chi connectivity index (χ4n) is 3.62. The Kier molecular flexibility index (Phi) is 5.33. The lowest BCUT2D eigenvalue weighted by Crippen LogP contribution is -2.21. The minimum atomic E-state index is -0.453. The van der Waals surface area contributed by atoms with Crippen LogP contribution in [0.15, 0.2) is 24.3 Å².